The van der Waals surface area contributed by atoms with Crippen LogP contribution in [0, 0.1) is 11.3 Å². The van der Waals surface area contributed by atoms with Crippen molar-refractivity contribution in [2.24, 2.45) is 0 Å². The van der Waals surface area contributed by atoms with Gasteiger partial charge in [0, 0.05) is 17.8 Å². The minimum atomic E-state index is -0.530. The van der Waals surface area contributed by atoms with E-state index in [0.29, 0.717) is 17.7 Å². The molecule has 3 unspecified atom stereocenters. The molecule has 3 atom stereocenters. The monoisotopic (exact) mass is 286 g/mol. The summed E-state index contributed by atoms with van der Waals surface area (Å²) in [5, 5.41) is 19.2. The number of hydrogen-bond acceptors (Lipinski definition) is 4. The van der Waals surface area contributed by atoms with Crippen LogP contribution in [0.3, 0.4) is 0 Å². The molecule has 1 N–H and O–H groups in total. The molecule has 2 aliphatic rings. The SMILES string of the molecule is CC(O)c1ccc(C#N)cc1N1CCOC2CCCCC21. The molecule has 21 heavy (non-hydrogen) atoms. The van der Waals surface area contributed by atoms with Gasteiger partial charge in [-0.1, -0.05) is 18.9 Å². The molecule has 1 aliphatic heterocycles. The smallest absolute Gasteiger partial charge is 0.0992 e. The average Bonchev–Trinajstić information content (AvgIpc) is 2.53. The predicted octanol–water partition coefficient (Wildman–Crippen LogP) is 2.76. The predicted molar refractivity (Wildman–Crippen MR) is 81.1 cm³/mol. The number of aliphatic hydroxyl groups excluding tert-OH is 1. The van der Waals surface area contributed by atoms with Crippen LogP contribution in [0.4, 0.5) is 5.69 Å². The number of hydrogen-bond donors (Lipinski definition) is 1. The molecule has 1 aromatic rings. The molecule has 4 nitrogen and oxygen atoms in total. The van der Waals surface area contributed by atoms with Gasteiger partial charge in [-0.15, -0.1) is 0 Å². The number of anilines is 1. The molecule has 0 radical (unpaired) electrons. The zero-order valence-corrected chi connectivity index (χ0v) is 12.5. The molecule has 0 amide bonds. The van der Waals surface area contributed by atoms with Crippen molar-refractivity contribution < 1.29 is 9.84 Å². The minimum absolute atomic E-state index is 0.292. The molecule has 112 valence electrons. The fraction of sp³-hybridized carbons (Fsp3) is 0.588. The van der Waals surface area contributed by atoms with Crippen LogP contribution in [0.25, 0.3) is 0 Å². The maximum atomic E-state index is 10.1. The van der Waals surface area contributed by atoms with Gasteiger partial charge in [-0.2, -0.15) is 5.26 Å². The lowest BCUT2D eigenvalue weighted by Gasteiger charge is -2.46. The van der Waals surface area contributed by atoms with Crippen molar-refractivity contribution in [2.45, 2.75) is 50.9 Å². The molecule has 1 saturated heterocycles. The van der Waals surface area contributed by atoms with Gasteiger partial charge in [0.05, 0.1) is 36.5 Å². The van der Waals surface area contributed by atoms with E-state index in [0.717, 1.165) is 37.2 Å². The summed E-state index contributed by atoms with van der Waals surface area (Å²) in [6.07, 6.45) is 4.46. The first-order valence-corrected chi connectivity index (χ1v) is 7.81. The highest BCUT2D eigenvalue weighted by Crippen LogP contribution is 2.36. The highest BCUT2D eigenvalue weighted by Gasteiger charge is 2.35. The van der Waals surface area contributed by atoms with E-state index in [9.17, 15) is 5.11 Å². The van der Waals surface area contributed by atoms with Crippen molar-refractivity contribution in [1.29, 1.82) is 5.26 Å². The summed E-state index contributed by atoms with van der Waals surface area (Å²) < 4.78 is 5.92. The van der Waals surface area contributed by atoms with Crippen molar-refractivity contribution in [3.63, 3.8) is 0 Å². The van der Waals surface area contributed by atoms with E-state index in [-0.39, 0.29) is 0 Å². The molecule has 0 aromatic heterocycles. The Bertz CT molecular complexity index is 548. The van der Waals surface area contributed by atoms with Crippen molar-refractivity contribution in [2.75, 3.05) is 18.1 Å². The first-order valence-electron chi connectivity index (χ1n) is 7.81. The van der Waals surface area contributed by atoms with Gasteiger partial charge < -0.3 is 14.7 Å². The Morgan fingerprint density at radius 1 is 1.38 bits per heavy atom. The van der Waals surface area contributed by atoms with Crippen LogP contribution in [-0.2, 0) is 4.74 Å². The zero-order chi connectivity index (χ0) is 14.8. The summed E-state index contributed by atoms with van der Waals surface area (Å²) in [4.78, 5) is 2.36. The zero-order valence-electron chi connectivity index (χ0n) is 12.5. The largest absolute Gasteiger partial charge is 0.389 e. The molecule has 0 spiro atoms. The number of nitrogens with zero attached hydrogens (tertiary/aromatic N) is 2. The third-order valence-electron chi connectivity index (χ3n) is 4.65. The highest BCUT2D eigenvalue weighted by molar-refractivity contribution is 5.59. The van der Waals surface area contributed by atoms with Crippen molar-refractivity contribution in [3.05, 3.63) is 29.3 Å². The highest BCUT2D eigenvalue weighted by atomic mass is 16.5. The first kappa shape index (κ1) is 14.4. The van der Waals surface area contributed by atoms with Gasteiger partial charge in [-0.05, 0) is 31.9 Å². The first-order chi connectivity index (χ1) is 10.2. The fourth-order valence-electron chi connectivity index (χ4n) is 3.61. The van der Waals surface area contributed by atoms with Crippen LogP contribution < -0.4 is 4.90 Å². The topological polar surface area (TPSA) is 56.5 Å². The third kappa shape index (κ3) is 2.76. The normalized spacial score (nSPS) is 26.8. The van der Waals surface area contributed by atoms with Crippen LogP contribution >= 0.6 is 0 Å². The second-order valence-corrected chi connectivity index (χ2v) is 6.02. The standard InChI is InChI=1S/C17H22N2O2/c1-12(20)14-7-6-13(11-18)10-16(14)19-8-9-21-17-5-3-2-4-15(17)19/h6-7,10,12,15,17,20H,2-5,8-9H2,1H3. The summed E-state index contributed by atoms with van der Waals surface area (Å²) in [7, 11) is 0. The van der Waals surface area contributed by atoms with E-state index in [1.165, 1.54) is 12.8 Å². The number of morpholine rings is 1. The molecule has 1 aliphatic carbocycles. The van der Waals surface area contributed by atoms with Gasteiger partial charge in [0.2, 0.25) is 0 Å². The van der Waals surface area contributed by atoms with Crippen LogP contribution in [0.5, 0.6) is 0 Å². The maximum Gasteiger partial charge on any atom is 0.0992 e. The van der Waals surface area contributed by atoms with E-state index < -0.39 is 6.10 Å². The average molecular weight is 286 g/mol. The summed E-state index contributed by atoms with van der Waals surface area (Å²) >= 11 is 0. The van der Waals surface area contributed by atoms with Crippen molar-refractivity contribution in [3.8, 4) is 6.07 Å². The summed E-state index contributed by atoms with van der Waals surface area (Å²) in [6, 6.07) is 8.16. The number of ether oxygens (including phenoxy) is 1. The Balaban J connectivity index is 1.99. The quantitative estimate of drug-likeness (QED) is 0.908. The maximum absolute atomic E-state index is 10.1. The van der Waals surface area contributed by atoms with Crippen LogP contribution in [0.2, 0.25) is 0 Å². The van der Waals surface area contributed by atoms with Crippen LogP contribution in [0.15, 0.2) is 18.2 Å². The summed E-state index contributed by atoms with van der Waals surface area (Å²) in [5.74, 6) is 0. The molecule has 0 bridgehead atoms. The molecule has 3 rings (SSSR count). The molecular formula is C17H22N2O2. The Labute approximate surface area is 125 Å². The van der Waals surface area contributed by atoms with Gasteiger partial charge >= 0.3 is 0 Å². The van der Waals surface area contributed by atoms with Gasteiger partial charge in [0.25, 0.3) is 0 Å². The Morgan fingerprint density at radius 2 is 2.19 bits per heavy atom. The van der Waals surface area contributed by atoms with E-state index in [1.807, 2.05) is 12.1 Å². The summed E-state index contributed by atoms with van der Waals surface area (Å²) in [5.41, 5.74) is 2.55. The van der Waals surface area contributed by atoms with E-state index in [4.69, 9.17) is 10.00 Å². The molecule has 1 heterocycles. The second kappa shape index (κ2) is 6.05. The molecular weight excluding hydrogens is 264 g/mol. The molecule has 4 heteroatoms. The number of benzene rings is 1. The lowest BCUT2D eigenvalue weighted by molar-refractivity contribution is -0.00888. The van der Waals surface area contributed by atoms with Gasteiger partial charge in [0.15, 0.2) is 0 Å². The summed E-state index contributed by atoms with van der Waals surface area (Å²) in [6.45, 7) is 3.33. The Morgan fingerprint density at radius 3 is 2.95 bits per heavy atom. The van der Waals surface area contributed by atoms with Gasteiger partial charge in [-0.25, -0.2) is 0 Å². The van der Waals surface area contributed by atoms with Gasteiger partial charge in [0.1, 0.15) is 0 Å². The number of fused-ring (bicyclic) bond motifs is 1. The number of nitriles is 1. The van der Waals surface area contributed by atoms with E-state index in [2.05, 4.69) is 11.0 Å². The Hall–Kier alpha value is -1.57. The second-order valence-electron chi connectivity index (χ2n) is 6.02. The molecule has 1 saturated carbocycles. The van der Waals surface area contributed by atoms with Crippen molar-refractivity contribution in [1.82, 2.24) is 0 Å². The Kier molecular flexibility index (Phi) is 4.14. The van der Waals surface area contributed by atoms with Crippen molar-refractivity contribution >= 4 is 5.69 Å². The molecule has 2 fully saturated rings. The van der Waals surface area contributed by atoms with E-state index >= 15 is 0 Å². The lowest BCUT2D eigenvalue weighted by atomic mass is 9.89. The van der Waals surface area contributed by atoms with Crippen LogP contribution in [-0.4, -0.2) is 30.4 Å². The number of rotatable bonds is 2. The van der Waals surface area contributed by atoms with Gasteiger partial charge in [-0.3, -0.25) is 0 Å². The van der Waals surface area contributed by atoms with Crippen LogP contribution in [0.1, 0.15) is 49.8 Å². The number of aliphatic hydroxyl groups is 1. The minimum Gasteiger partial charge on any atom is -0.389 e. The third-order valence-corrected chi connectivity index (χ3v) is 4.65. The lowest BCUT2D eigenvalue weighted by Crippen LogP contribution is -2.53. The molecule has 1 aromatic carbocycles. The fourth-order valence-corrected chi connectivity index (χ4v) is 3.61. The van der Waals surface area contributed by atoms with E-state index in [1.54, 1.807) is 13.0 Å².